The van der Waals surface area contributed by atoms with Crippen LogP contribution in [0.4, 0.5) is 13.2 Å². The van der Waals surface area contributed by atoms with Gasteiger partial charge in [0.25, 0.3) is 0 Å². The number of carbonyl (C=O) groups is 1. The molecule has 0 saturated heterocycles. The third kappa shape index (κ3) is 2.22. The van der Waals surface area contributed by atoms with Crippen LogP contribution in [0.15, 0.2) is 30.8 Å². The SMILES string of the molecule is C=C(c1ccc(C=O)cc1)C(F)(F)F. The average Bonchev–Trinajstić information content (AvgIpc) is 2.15. The van der Waals surface area contributed by atoms with Gasteiger partial charge in [-0.25, -0.2) is 0 Å². The van der Waals surface area contributed by atoms with E-state index in [2.05, 4.69) is 6.58 Å². The smallest absolute Gasteiger partial charge is 0.298 e. The molecule has 0 heterocycles. The van der Waals surface area contributed by atoms with Crippen LogP contribution in [0.25, 0.3) is 5.57 Å². The topological polar surface area (TPSA) is 17.1 Å². The van der Waals surface area contributed by atoms with Gasteiger partial charge in [0.1, 0.15) is 6.29 Å². The van der Waals surface area contributed by atoms with Crippen molar-refractivity contribution in [3.05, 3.63) is 42.0 Å². The number of benzene rings is 1. The highest BCUT2D eigenvalue weighted by atomic mass is 19.4. The maximum absolute atomic E-state index is 12.1. The molecule has 0 aromatic heterocycles. The molecule has 0 radical (unpaired) electrons. The molecule has 0 atom stereocenters. The van der Waals surface area contributed by atoms with Crippen LogP contribution < -0.4 is 0 Å². The van der Waals surface area contributed by atoms with Crippen molar-refractivity contribution in [1.29, 1.82) is 0 Å². The molecule has 0 fully saturated rings. The summed E-state index contributed by atoms with van der Waals surface area (Å²) in [6, 6.07) is 5.08. The molecule has 0 aliphatic carbocycles. The minimum absolute atomic E-state index is 0.0249. The number of carbonyl (C=O) groups excluding carboxylic acids is 1. The first-order chi connectivity index (χ1) is 6.45. The quantitative estimate of drug-likeness (QED) is 0.670. The first kappa shape index (κ1) is 10.5. The lowest BCUT2D eigenvalue weighted by Gasteiger charge is -2.09. The van der Waals surface area contributed by atoms with Crippen molar-refractivity contribution in [2.75, 3.05) is 0 Å². The molecule has 14 heavy (non-hydrogen) atoms. The molecule has 0 unspecified atom stereocenters. The van der Waals surface area contributed by atoms with Crippen molar-refractivity contribution in [2.24, 2.45) is 0 Å². The molecular formula is C10H7F3O. The Morgan fingerprint density at radius 3 is 2.07 bits per heavy atom. The Morgan fingerprint density at radius 2 is 1.71 bits per heavy atom. The van der Waals surface area contributed by atoms with Gasteiger partial charge in [0, 0.05) is 5.56 Å². The summed E-state index contributed by atoms with van der Waals surface area (Å²) in [5, 5.41) is 0. The van der Waals surface area contributed by atoms with Gasteiger partial charge in [-0.3, -0.25) is 4.79 Å². The summed E-state index contributed by atoms with van der Waals surface area (Å²) in [7, 11) is 0. The highest BCUT2D eigenvalue weighted by Gasteiger charge is 2.32. The van der Waals surface area contributed by atoms with Gasteiger partial charge in [-0.2, -0.15) is 13.2 Å². The molecule has 1 rings (SSSR count). The second kappa shape index (κ2) is 3.65. The summed E-state index contributed by atoms with van der Waals surface area (Å²) >= 11 is 0. The van der Waals surface area contributed by atoms with Crippen molar-refractivity contribution in [2.45, 2.75) is 6.18 Å². The molecule has 74 valence electrons. The van der Waals surface area contributed by atoms with Crippen LogP contribution in [0.1, 0.15) is 15.9 Å². The minimum Gasteiger partial charge on any atom is -0.298 e. The summed E-state index contributed by atoms with van der Waals surface area (Å²) in [4.78, 5) is 10.2. The van der Waals surface area contributed by atoms with Crippen molar-refractivity contribution >= 4 is 11.9 Å². The van der Waals surface area contributed by atoms with Crippen molar-refractivity contribution < 1.29 is 18.0 Å². The van der Waals surface area contributed by atoms with Crippen LogP contribution in [0.3, 0.4) is 0 Å². The zero-order valence-electron chi connectivity index (χ0n) is 7.14. The fraction of sp³-hybridized carbons (Fsp3) is 0.100. The Kier molecular flexibility index (Phi) is 2.74. The van der Waals surface area contributed by atoms with Crippen molar-refractivity contribution in [3.63, 3.8) is 0 Å². The molecule has 1 aromatic rings. The van der Waals surface area contributed by atoms with E-state index in [0.29, 0.717) is 11.8 Å². The Labute approximate surface area is 78.9 Å². The standard InChI is InChI=1S/C10H7F3O/c1-7(10(11,12)13)9-4-2-8(6-14)3-5-9/h2-6H,1H2. The lowest BCUT2D eigenvalue weighted by Crippen LogP contribution is -2.09. The van der Waals surface area contributed by atoms with Gasteiger partial charge in [-0.1, -0.05) is 30.8 Å². The average molecular weight is 200 g/mol. The van der Waals surface area contributed by atoms with E-state index in [0.717, 1.165) is 0 Å². The second-order valence-electron chi connectivity index (χ2n) is 2.72. The summed E-state index contributed by atoms with van der Waals surface area (Å²) in [5.41, 5.74) is -0.596. The van der Waals surface area contributed by atoms with E-state index >= 15 is 0 Å². The van der Waals surface area contributed by atoms with Crippen LogP contribution in [0.2, 0.25) is 0 Å². The van der Waals surface area contributed by atoms with Gasteiger partial charge in [0.2, 0.25) is 0 Å². The number of hydrogen-bond donors (Lipinski definition) is 0. The zero-order valence-corrected chi connectivity index (χ0v) is 7.14. The van der Waals surface area contributed by atoms with E-state index in [-0.39, 0.29) is 5.56 Å². The molecular weight excluding hydrogens is 193 g/mol. The maximum atomic E-state index is 12.1. The van der Waals surface area contributed by atoms with Crippen LogP contribution in [0.5, 0.6) is 0 Å². The van der Waals surface area contributed by atoms with Gasteiger partial charge in [0.05, 0.1) is 5.57 Å². The monoisotopic (exact) mass is 200 g/mol. The zero-order chi connectivity index (χ0) is 10.8. The van der Waals surface area contributed by atoms with Gasteiger partial charge in [0.15, 0.2) is 0 Å². The fourth-order valence-corrected chi connectivity index (χ4v) is 0.927. The number of rotatable bonds is 2. The van der Waals surface area contributed by atoms with Crippen LogP contribution in [-0.4, -0.2) is 12.5 Å². The van der Waals surface area contributed by atoms with E-state index in [9.17, 15) is 18.0 Å². The van der Waals surface area contributed by atoms with Gasteiger partial charge >= 0.3 is 6.18 Å². The molecule has 0 N–H and O–H groups in total. The summed E-state index contributed by atoms with van der Waals surface area (Å²) in [5.74, 6) is 0. The van der Waals surface area contributed by atoms with E-state index < -0.39 is 11.7 Å². The van der Waals surface area contributed by atoms with E-state index in [4.69, 9.17) is 0 Å². The minimum atomic E-state index is -4.43. The molecule has 1 nitrogen and oxygen atoms in total. The molecule has 0 amide bonds. The third-order valence-electron chi connectivity index (χ3n) is 1.74. The Bertz CT molecular complexity index is 349. The number of alkyl halides is 3. The molecule has 0 bridgehead atoms. The number of hydrogen-bond acceptors (Lipinski definition) is 1. The van der Waals surface area contributed by atoms with E-state index in [1.54, 1.807) is 0 Å². The normalized spacial score (nSPS) is 11.1. The Morgan fingerprint density at radius 1 is 1.21 bits per heavy atom. The van der Waals surface area contributed by atoms with Crippen LogP contribution in [0, 0.1) is 0 Å². The third-order valence-corrected chi connectivity index (χ3v) is 1.74. The fourth-order valence-electron chi connectivity index (χ4n) is 0.927. The van der Waals surface area contributed by atoms with E-state index in [1.807, 2.05) is 0 Å². The van der Waals surface area contributed by atoms with E-state index in [1.165, 1.54) is 24.3 Å². The summed E-state index contributed by atoms with van der Waals surface area (Å²) < 4.78 is 36.4. The van der Waals surface area contributed by atoms with Crippen LogP contribution >= 0.6 is 0 Å². The van der Waals surface area contributed by atoms with Gasteiger partial charge < -0.3 is 0 Å². The predicted octanol–water partition coefficient (Wildman–Crippen LogP) is 3.07. The molecule has 0 aliphatic rings. The molecule has 1 aromatic carbocycles. The Hall–Kier alpha value is -1.58. The summed E-state index contributed by atoms with van der Waals surface area (Å²) in [6.45, 7) is 2.94. The lowest BCUT2D eigenvalue weighted by molar-refractivity contribution is -0.0686. The highest BCUT2D eigenvalue weighted by Crippen LogP contribution is 2.31. The first-order valence-electron chi connectivity index (χ1n) is 3.77. The summed E-state index contributed by atoms with van der Waals surface area (Å²) in [6.07, 6.45) is -3.86. The largest absolute Gasteiger partial charge is 0.416 e. The predicted molar refractivity (Wildman–Crippen MR) is 46.9 cm³/mol. The van der Waals surface area contributed by atoms with Crippen LogP contribution in [-0.2, 0) is 0 Å². The van der Waals surface area contributed by atoms with Gasteiger partial charge in [-0.05, 0) is 5.56 Å². The van der Waals surface area contributed by atoms with Gasteiger partial charge in [-0.15, -0.1) is 0 Å². The maximum Gasteiger partial charge on any atom is 0.416 e. The second-order valence-corrected chi connectivity index (χ2v) is 2.72. The molecule has 0 aliphatic heterocycles. The molecule has 0 saturated carbocycles. The van der Waals surface area contributed by atoms with Crippen molar-refractivity contribution in [3.8, 4) is 0 Å². The number of aldehydes is 1. The molecule has 0 spiro atoms. The lowest BCUT2D eigenvalue weighted by atomic mass is 10.1. The molecule has 4 heteroatoms. The first-order valence-corrected chi connectivity index (χ1v) is 3.77. The Balaban J connectivity index is 2.98. The van der Waals surface area contributed by atoms with Crippen molar-refractivity contribution in [1.82, 2.24) is 0 Å². The number of halogens is 3. The highest BCUT2D eigenvalue weighted by molar-refractivity contribution is 5.76. The number of allylic oxidation sites excluding steroid dienone is 1.